The minimum Gasteiger partial charge on any atom is -0.472 e. The van der Waals surface area contributed by atoms with Crippen LogP contribution in [-0.4, -0.2) is 0 Å². The Kier molecular flexibility index (Phi) is 3.52. The molecule has 0 amide bonds. The average molecular weight is 276 g/mol. The summed E-state index contributed by atoms with van der Waals surface area (Å²) in [6.45, 7) is 0.345. The van der Waals surface area contributed by atoms with E-state index < -0.39 is 11.7 Å². The first-order valence-electron chi connectivity index (χ1n) is 5.08. The molecule has 0 aliphatic heterocycles. The van der Waals surface area contributed by atoms with Crippen molar-refractivity contribution in [3.8, 4) is 0 Å². The average Bonchev–Trinajstić information content (AvgIpc) is 2.79. The van der Waals surface area contributed by atoms with Crippen molar-refractivity contribution in [2.24, 2.45) is 0 Å². The Hall–Kier alpha value is -1.62. The molecule has 0 fully saturated rings. The number of benzene rings is 1. The van der Waals surface area contributed by atoms with Gasteiger partial charge in [0.05, 0.1) is 28.8 Å². The maximum atomic E-state index is 12.5. The number of hydrogen-bond donors (Lipinski definition) is 1. The summed E-state index contributed by atoms with van der Waals surface area (Å²) in [4.78, 5) is 0. The zero-order valence-electron chi connectivity index (χ0n) is 9.09. The molecule has 1 aromatic heterocycles. The van der Waals surface area contributed by atoms with Crippen LogP contribution in [0.25, 0.3) is 0 Å². The second kappa shape index (κ2) is 4.94. The van der Waals surface area contributed by atoms with Crippen molar-refractivity contribution in [1.29, 1.82) is 0 Å². The van der Waals surface area contributed by atoms with Gasteiger partial charge in [0.25, 0.3) is 0 Å². The fourth-order valence-corrected chi connectivity index (χ4v) is 1.61. The number of halogens is 4. The number of alkyl halides is 3. The molecule has 0 aliphatic rings. The molecule has 0 saturated carbocycles. The highest BCUT2D eigenvalue weighted by atomic mass is 35.5. The Balaban J connectivity index is 2.16. The van der Waals surface area contributed by atoms with Crippen LogP contribution in [0, 0.1) is 0 Å². The van der Waals surface area contributed by atoms with Crippen molar-refractivity contribution >= 4 is 17.3 Å². The van der Waals surface area contributed by atoms with Gasteiger partial charge in [-0.3, -0.25) is 0 Å². The number of rotatable bonds is 3. The van der Waals surface area contributed by atoms with Crippen molar-refractivity contribution in [2.45, 2.75) is 12.7 Å². The topological polar surface area (TPSA) is 25.2 Å². The zero-order valence-corrected chi connectivity index (χ0v) is 9.85. The van der Waals surface area contributed by atoms with Crippen molar-refractivity contribution in [1.82, 2.24) is 0 Å². The lowest BCUT2D eigenvalue weighted by atomic mass is 10.2. The summed E-state index contributed by atoms with van der Waals surface area (Å²) in [5.74, 6) is 0. The van der Waals surface area contributed by atoms with Crippen LogP contribution in [0.2, 0.25) is 5.02 Å². The van der Waals surface area contributed by atoms with Crippen molar-refractivity contribution in [3.63, 3.8) is 0 Å². The molecular formula is C12H9ClF3NO. The second-order valence-electron chi connectivity index (χ2n) is 3.68. The van der Waals surface area contributed by atoms with Crippen molar-refractivity contribution < 1.29 is 17.6 Å². The normalized spacial score (nSPS) is 11.6. The van der Waals surface area contributed by atoms with Gasteiger partial charge in [0.2, 0.25) is 0 Å². The lowest BCUT2D eigenvalue weighted by molar-refractivity contribution is -0.137. The van der Waals surface area contributed by atoms with Gasteiger partial charge in [0.1, 0.15) is 0 Å². The fourth-order valence-electron chi connectivity index (χ4n) is 1.43. The third-order valence-electron chi connectivity index (χ3n) is 2.36. The number of anilines is 1. The van der Waals surface area contributed by atoms with E-state index in [1.807, 2.05) is 0 Å². The maximum absolute atomic E-state index is 12.5. The van der Waals surface area contributed by atoms with E-state index >= 15 is 0 Å². The summed E-state index contributed by atoms with van der Waals surface area (Å²) in [6.07, 6.45) is -1.38. The number of hydrogen-bond acceptors (Lipinski definition) is 2. The first-order chi connectivity index (χ1) is 8.47. The highest BCUT2D eigenvalue weighted by molar-refractivity contribution is 6.33. The largest absolute Gasteiger partial charge is 0.472 e. The van der Waals surface area contributed by atoms with E-state index in [0.29, 0.717) is 6.54 Å². The van der Waals surface area contributed by atoms with E-state index in [1.165, 1.54) is 18.6 Å². The predicted octanol–water partition coefficient (Wildman–Crippen LogP) is 4.56. The van der Waals surface area contributed by atoms with Gasteiger partial charge in [-0.25, -0.2) is 0 Å². The van der Waals surface area contributed by atoms with E-state index in [-0.39, 0.29) is 10.7 Å². The molecule has 2 aromatic rings. The Morgan fingerprint density at radius 3 is 2.61 bits per heavy atom. The standard InChI is InChI=1S/C12H9ClF3NO/c13-10-2-1-9(12(14,15)16)5-11(10)17-6-8-3-4-18-7-8/h1-5,7,17H,6H2. The summed E-state index contributed by atoms with van der Waals surface area (Å²) in [7, 11) is 0. The summed E-state index contributed by atoms with van der Waals surface area (Å²) in [5.41, 5.74) is 0.331. The highest BCUT2D eigenvalue weighted by Gasteiger charge is 2.30. The van der Waals surface area contributed by atoms with Crippen LogP contribution in [0.3, 0.4) is 0 Å². The summed E-state index contributed by atoms with van der Waals surface area (Å²) in [5, 5.41) is 3.08. The van der Waals surface area contributed by atoms with Gasteiger partial charge in [0, 0.05) is 12.1 Å². The Morgan fingerprint density at radius 2 is 2.00 bits per heavy atom. The van der Waals surface area contributed by atoms with Crippen molar-refractivity contribution in [3.05, 3.63) is 52.9 Å². The minimum absolute atomic E-state index is 0.242. The molecule has 1 heterocycles. The Labute approximate surface area is 106 Å². The Bertz CT molecular complexity index is 523. The zero-order chi connectivity index (χ0) is 13.2. The molecule has 0 radical (unpaired) electrons. The second-order valence-corrected chi connectivity index (χ2v) is 4.08. The van der Waals surface area contributed by atoms with Gasteiger partial charge in [-0.15, -0.1) is 0 Å². The molecule has 1 N–H and O–H groups in total. The monoisotopic (exact) mass is 275 g/mol. The van der Waals surface area contributed by atoms with Gasteiger partial charge in [-0.1, -0.05) is 11.6 Å². The molecule has 6 heteroatoms. The van der Waals surface area contributed by atoms with Crippen LogP contribution < -0.4 is 5.32 Å². The summed E-state index contributed by atoms with van der Waals surface area (Å²) >= 11 is 5.83. The molecule has 2 rings (SSSR count). The molecule has 0 bridgehead atoms. The van der Waals surface area contributed by atoms with E-state index in [1.54, 1.807) is 6.07 Å². The number of furan rings is 1. The van der Waals surface area contributed by atoms with Gasteiger partial charge >= 0.3 is 6.18 Å². The van der Waals surface area contributed by atoms with E-state index in [0.717, 1.165) is 17.7 Å². The van der Waals surface area contributed by atoms with Gasteiger partial charge < -0.3 is 9.73 Å². The predicted molar refractivity (Wildman–Crippen MR) is 62.5 cm³/mol. The molecule has 0 atom stereocenters. The quantitative estimate of drug-likeness (QED) is 0.888. The fraction of sp³-hybridized carbons (Fsp3) is 0.167. The van der Waals surface area contributed by atoms with Crippen LogP contribution in [0.4, 0.5) is 18.9 Å². The Morgan fingerprint density at radius 1 is 1.22 bits per heavy atom. The van der Waals surface area contributed by atoms with Crippen LogP contribution in [0.1, 0.15) is 11.1 Å². The molecule has 0 unspecified atom stereocenters. The smallest absolute Gasteiger partial charge is 0.416 e. The van der Waals surface area contributed by atoms with Crippen LogP contribution in [0.5, 0.6) is 0 Å². The summed E-state index contributed by atoms with van der Waals surface area (Å²) < 4.78 is 42.4. The lowest BCUT2D eigenvalue weighted by Gasteiger charge is -2.11. The van der Waals surface area contributed by atoms with Crippen LogP contribution in [0.15, 0.2) is 41.2 Å². The van der Waals surface area contributed by atoms with Crippen LogP contribution >= 0.6 is 11.6 Å². The SMILES string of the molecule is FC(F)(F)c1ccc(Cl)c(NCc2ccoc2)c1. The van der Waals surface area contributed by atoms with Crippen molar-refractivity contribution in [2.75, 3.05) is 5.32 Å². The molecule has 18 heavy (non-hydrogen) atoms. The first kappa shape index (κ1) is 12.8. The minimum atomic E-state index is -4.38. The molecule has 1 aromatic carbocycles. The molecule has 96 valence electrons. The molecule has 0 aliphatic carbocycles. The maximum Gasteiger partial charge on any atom is 0.416 e. The van der Waals surface area contributed by atoms with Gasteiger partial charge in [-0.2, -0.15) is 13.2 Å². The third kappa shape index (κ3) is 2.98. The number of nitrogens with one attached hydrogen (secondary N) is 1. The third-order valence-corrected chi connectivity index (χ3v) is 2.69. The molecule has 2 nitrogen and oxygen atoms in total. The first-order valence-corrected chi connectivity index (χ1v) is 5.46. The molecular weight excluding hydrogens is 267 g/mol. The highest BCUT2D eigenvalue weighted by Crippen LogP contribution is 2.33. The van der Waals surface area contributed by atoms with E-state index in [4.69, 9.17) is 16.0 Å². The molecule has 0 spiro atoms. The summed E-state index contributed by atoms with van der Waals surface area (Å²) in [6, 6.07) is 4.88. The molecule has 0 saturated heterocycles. The lowest BCUT2D eigenvalue weighted by Crippen LogP contribution is -2.06. The van der Waals surface area contributed by atoms with Crippen LogP contribution in [-0.2, 0) is 12.7 Å². The van der Waals surface area contributed by atoms with Gasteiger partial charge in [0.15, 0.2) is 0 Å². The van der Waals surface area contributed by atoms with E-state index in [9.17, 15) is 13.2 Å². The van der Waals surface area contributed by atoms with Gasteiger partial charge in [-0.05, 0) is 24.3 Å². The van der Waals surface area contributed by atoms with E-state index in [2.05, 4.69) is 5.32 Å².